The van der Waals surface area contributed by atoms with Crippen molar-refractivity contribution >= 4 is 12.0 Å². The molecule has 0 aromatic heterocycles. The Morgan fingerprint density at radius 1 is 1.00 bits per heavy atom. The zero-order valence-electron chi connectivity index (χ0n) is 12.2. The Morgan fingerprint density at radius 3 is 1.94 bits per heavy atom. The topological polar surface area (TPSA) is 67.4 Å². The smallest absolute Gasteiger partial charge is 0.407 e. The van der Waals surface area contributed by atoms with Gasteiger partial charge in [0.25, 0.3) is 0 Å². The van der Waals surface area contributed by atoms with Crippen molar-refractivity contribution in [1.82, 2.24) is 10.6 Å². The third-order valence-corrected chi connectivity index (χ3v) is 2.87. The second-order valence-corrected chi connectivity index (χ2v) is 5.13. The second kappa shape index (κ2) is 7.95. The van der Waals surface area contributed by atoms with E-state index in [0.29, 0.717) is 12.5 Å². The van der Waals surface area contributed by atoms with Crippen LogP contribution in [0.5, 0.6) is 0 Å². The van der Waals surface area contributed by atoms with E-state index in [2.05, 4.69) is 10.6 Å². The Balaban J connectivity index is 4.50. The van der Waals surface area contributed by atoms with E-state index < -0.39 is 12.1 Å². The van der Waals surface area contributed by atoms with E-state index in [1.54, 1.807) is 6.92 Å². The molecule has 0 aliphatic rings. The summed E-state index contributed by atoms with van der Waals surface area (Å²) in [6.07, 6.45) is -0.552. The van der Waals surface area contributed by atoms with Crippen LogP contribution >= 0.6 is 0 Å². The van der Waals surface area contributed by atoms with Crippen molar-refractivity contribution in [2.75, 3.05) is 6.61 Å². The molecule has 0 saturated carbocycles. The summed E-state index contributed by atoms with van der Waals surface area (Å²) in [6, 6.07) is -0.493. The molecule has 0 aliphatic carbocycles. The van der Waals surface area contributed by atoms with E-state index in [9.17, 15) is 9.59 Å². The predicted molar refractivity (Wildman–Crippen MR) is 71.2 cm³/mol. The summed E-state index contributed by atoms with van der Waals surface area (Å²) in [5.74, 6) is 0.192. The highest BCUT2D eigenvalue weighted by Crippen LogP contribution is 2.05. The summed E-state index contributed by atoms with van der Waals surface area (Å²) in [5.41, 5.74) is 0. The lowest BCUT2D eigenvalue weighted by molar-refractivity contribution is -0.124. The van der Waals surface area contributed by atoms with Gasteiger partial charge in [-0.15, -0.1) is 0 Å². The van der Waals surface area contributed by atoms with Gasteiger partial charge in [-0.25, -0.2) is 4.79 Å². The molecular weight excluding hydrogens is 232 g/mol. The van der Waals surface area contributed by atoms with Crippen LogP contribution in [0.15, 0.2) is 0 Å². The first kappa shape index (κ1) is 16.7. The average Bonchev–Trinajstić information content (AvgIpc) is 2.25. The fourth-order valence-electron chi connectivity index (χ4n) is 1.32. The Hall–Kier alpha value is -1.26. The molecule has 0 aliphatic heterocycles. The van der Waals surface area contributed by atoms with Gasteiger partial charge >= 0.3 is 6.09 Å². The van der Waals surface area contributed by atoms with Gasteiger partial charge in [0.05, 0.1) is 6.61 Å². The molecule has 0 unspecified atom stereocenters. The number of carbonyl (C=O) groups excluding carboxylic acids is 2. The number of hydrogen-bond acceptors (Lipinski definition) is 3. The Morgan fingerprint density at radius 2 is 1.56 bits per heavy atom. The number of alkyl carbamates (subject to hydrolysis) is 1. The summed E-state index contributed by atoms with van der Waals surface area (Å²) in [5, 5.41) is 5.49. The van der Waals surface area contributed by atoms with Crippen LogP contribution < -0.4 is 10.6 Å². The minimum atomic E-state index is -0.565. The maximum atomic E-state index is 12.1. The zero-order chi connectivity index (χ0) is 14.3. The van der Waals surface area contributed by atoms with Gasteiger partial charge in [0.1, 0.15) is 6.04 Å². The third-order valence-electron chi connectivity index (χ3n) is 2.87. The molecule has 2 N–H and O–H groups in total. The molecule has 18 heavy (non-hydrogen) atoms. The Labute approximate surface area is 110 Å². The van der Waals surface area contributed by atoms with Crippen molar-refractivity contribution < 1.29 is 14.3 Å². The van der Waals surface area contributed by atoms with Crippen LogP contribution in [0.4, 0.5) is 4.79 Å². The molecule has 106 valence electrons. The molecule has 0 heterocycles. The maximum Gasteiger partial charge on any atom is 0.407 e. The van der Waals surface area contributed by atoms with E-state index in [0.717, 1.165) is 0 Å². The van der Waals surface area contributed by atoms with Crippen molar-refractivity contribution in [3.05, 3.63) is 0 Å². The molecule has 5 heteroatoms. The zero-order valence-corrected chi connectivity index (χ0v) is 12.2. The first-order valence-electron chi connectivity index (χ1n) is 6.53. The average molecular weight is 258 g/mol. The maximum absolute atomic E-state index is 12.1. The third kappa shape index (κ3) is 5.89. The van der Waals surface area contributed by atoms with Crippen LogP contribution in [0, 0.1) is 11.8 Å². The lowest BCUT2D eigenvalue weighted by atomic mass is 10.0. The molecule has 0 bridgehead atoms. The molecule has 0 saturated heterocycles. The van der Waals surface area contributed by atoms with Gasteiger partial charge in [-0.05, 0) is 25.7 Å². The van der Waals surface area contributed by atoms with Crippen molar-refractivity contribution in [3.63, 3.8) is 0 Å². The number of rotatable bonds is 6. The van der Waals surface area contributed by atoms with Crippen molar-refractivity contribution in [2.24, 2.45) is 11.8 Å². The lowest BCUT2D eigenvalue weighted by Gasteiger charge is -2.25. The van der Waals surface area contributed by atoms with Crippen LogP contribution in [-0.2, 0) is 9.53 Å². The number of nitrogens with one attached hydrogen (secondary N) is 2. The molecule has 5 nitrogen and oxygen atoms in total. The summed E-state index contributed by atoms with van der Waals surface area (Å²) >= 11 is 0. The molecule has 0 fully saturated rings. The predicted octanol–water partition coefficient (Wildman–Crippen LogP) is 1.92. The quantitative estimate of drug-likeness (QED) is 0.765. The number of ether oxygens (including phenoxy) is 1. The fraction of sp³-hybridized carbons (Fsp3) is 0.846. The molecule has 0 radical (unpaired) electrons. The fourth-order valence-corrected chi connectivity index (χ4v) is 1.32. The Kier molecular flexibility index (Phi) is 7.39. The van der Waals surface area contributed by atoms with Crippen LogP contribution in [0.2, 0.25) is 0 Å². The van der Waals surface area contributed by atoms with E-state index in [1.807, 2.05) is 34.6 Å². The molecular formula is C13H26N2O3. The van der Waals surface area contributed by atoms with E-state index in [4.69, 9.17) is 4.74 Å². The van der Waals surface area contributed by atoms with Crippen molar-refractivity contribution in [2.45, 2.75) is 53.6 Å². The van der Waals surface area contributed by atoms with E-state index >= 15 is 0 Å². The number of amides is 2. The standard InChI is InChI=1S/C13H26N2O3/c1-7-18-13(17)15-11(9(4)5)12(16)14-10(6)8(2)3/h8-11H,7H2,1-6H3,(H,14,16)(H,15,17)/t10-,11-/m1/s1. The van der Waals surface area contributed by atoms with Gasteiger partial charge < -0.3 is 15.4 Å². The van der Waals surface area contributed by atoms with Crippen LogP contribution in [0.25, 0.3) is 0 Å². The summed E-state index contributed by atoms with van der Waals surface area (Å²) in [6.45, 7) is 11.8. The lowest BCUT2D eigenvalue weighted by Crippen LogP contribution is -2.52. The number of carbonyl (C=O) groups is 2. The summed E-state index contributed by atoms with van der Waals surface area (Å²) < 4.78 is 4.80. The van der Waals surface area contributed by atoms with Gasteiger partial charge in [-0.1, -0.05) is 27.7 Å². The van der Waals surface area contributed by atoms with Crippen LogP contribution in [0.3, 0.4) is 0 Å². The molecule has 2 atom stereocenters. The SMILES string of the molecule is CCOC(=O)N[C@@H](C(=O)N[C@H](C)C(C)C)C(C)C. The van der Waals surface area contributed by atoms with E-state index in [-0.39, 0.29) is 17.9 Å². The van der Waals surface area contributed by atoms with Gasteiger partial charge in [0, 0.05) is 6.04 Å². The van der Waals surface area contributed by atoms with Gasteiger partial charge in [-0.2, -0.15) is 0 Å². The van der Waals surface area contributed by atoms with Crippen LogP contribution in [-0.4, -0.2) is 30.7 Å². The van der Waals surface area contributed by atoms with Gasteiger partial charge in [0.2, 0.25) is 5.91 Å². The summed E-state index contributed by atoms with van der Waals surface area (Å²) in [4.78, 5) is 23.4. The first-order valence-corrected chi connectivity index (χ1v) is 6.53. The first-order chi connectivity index (χ1) is 8.29. The molecule has 0 aromatic rings. The molecule has 0 spiro atoms. The molecule has 0 aromatic carbocycles. The largest absolute Gasteiger partial charge is 0.450 e. The minimum Gasteiger partial charge on any atom is -0.450 e. The monoisotopic (exact) mass is 258 g/mol. The summed E-state index contributed by atoms with van der Waals surface area (Å²) in [7, 11) is 0. The molecule has 0 rings (SSSR count). The highest BCUT2D eigenvalue weighted by Gasteiger charge is 2.26. The minimum absolute atomic E-state index is 0.00812. The Bertz CT molecular complexity index is 277. The molecule has 2 amide bonds. The normalized spacial score (nSPS) is 14.2. The number of hydrogen-bond donors (Lipinski definition) is 2. The van der Waals surface area contributed by atoms with Crippen molar-refractivity contribution in [1.29, 1.82) is 0 Å². The van der Waals surface area contributed by atoms with E-state index in [1.165, 1.54) is 0 Å². The van der Waals surface area contributed by atoms with Crippen molar-refractivity contribution in [3.8, 4) is 0 Å². The van der Waals surface area contributed by atoms with Gasteiger partial charge in [0.15, 0.2) is 0 Å². The highest BCUT2D eigenvalue weighted by molar-refractivity contribution is 5.86. The van der Waals surface area contributed by atoms with Crippen LogP contribution in [0.1, 0.15) is 41.5 Å². The van der Waals surface area contributed by atoms with Gasteiger partial charge in [-0.3, -0.25) is 4.79 Å². The second-order valence-electron chi connectivity index (χ2n) is 5.13. The highest BCUT2D eigenvalue weighted by atomic mass is 16.5.